The molecule has 0 aliphatic carbocycles. The Balaban J connectivity index is 1.76. The van der Waals surface area contributed by atoms with Gasteiger partial charge in [0.05, 0.1) is 17.2 Å². The highest BCUT2D eigenvalue weighted by molar-refractivity contribution is 8.18. The fourth-order valence-electron chi connectivity index (χ4n) is 2.13. The molecule has 0 radical (unpaired) electrons. The van der Waals surface area contributed by atoms with Crippen molar-refractivity contribution in [3.63, 3.8) is 0 Å². The summed E-state index contributed by atoms with van der Waals surface area (Å²) in [5, 5.41) is 3.20. The molecule has 1 aliphatic rings. The molecule has 4 nitrogen and oxygen atoms in total. The van der Waals surface area contributed by atoms with Crippen LogP contribution >= 0.6 is 11.8 Å². The average Bonchev–Trinajstić information content (AvgIpc) is 2.89. The third-order valence-corrected chi connectivity index (χ3v) is 4.09. The van der Waals surface area contributed by atoms with Gasteiger partial charge < -0.3 is 10.1 Å². The van der Waals surface area contributed by atoms with Gasteiger partial charge in [-0.25, -0.2) is 9.38 Å². The lowest BCUT2D eigenvalue weighted by Crippen LogP contribution is -2.19. The Morgan fingerprint density at radius 3 is 2.75 bits per heavy atom. The van der Waals surface area contributed by atoms with Gasteiger partial charge in [-0.2, -0.15) is 0 Å². The molecule has 1 heterocycles. The molecule has 0 spiro atoms. The number of hydrogen-bond acceptors (Lipinski definition) is 4. The molecule has 0 atom stereocenters. The summed E-state index contributed by atoms with van der Waals surface area (Å²) in [5.41, 5.74) is 1.35. The van der Waals surface area contributed by atoms with E-state index in [-0.39, 0.29) is 11.7 Å². The summed E-state index contributed by atoms with van der Waals surface area (Å²) >= 11 is 1.23. The zero-order chi connectivity index (χ0) is 16.9. The van der Waals surface area contributed by atoms with Crippen molar-refractivity contribution >= 4 is 34.6 Å². The van der Waals surface area contributed by atoms with E-state index >= 15 is 0 Å². The molecular weight excluding hydrogens is 327 g/mol. The van der Waals surface area contributed by atoms with Gasteiger partial charge in [0.2, 0.25) is 0 Å². The van der Waals surface area contributed by atoms with E-state index in [9.17, 15) is 9.18 Å². The predicted molar refractivity (Wildman–Crippen MR) is 94.8 cm³/mol. The number of amidine groups is 1. The summed E-state index contributed by atoms with van der Waals surface area (Å²) in [6.07, 6.45) is 1.64. The number of nitrogens with zero attached hydrogens (tertiary/aromatic N) is 1. The molecule has 2 aromatic carbocycles. The Morgan fingerprint density at radius 1 is 1.25 bits per heavy atom. The molecule has 0 saturated carbocycles. The summed E-state index contributed by atoms with van der Waals surface area (Å²) in [7, 11) is 0. The summed E-state index contributed by atoms with van der Waals surface area (Å²) in [6.45, 7) is 2.53. The van der Waals surface area contributed by atoms with Crippen molar-refractivity contribution in [3.05, 3.63) is 64.8 Å². The van der Waals surface area contributed by atoms with E-state index in [1.165, 1.54) is 23.9 Å². The number of nitrogens with one attached hydrogen (secondary N) is 1. The van der Waals surface area contributed by atoms with Gasteiger partial charge in [-0.1, -0.05) is 12.1 Å². The van der Waals surface area contributed by atoms with Gasteiger partial charge in [-0.05, 0) is 66.7 Å². The van der Waals surface area contributed by atoms with Crippen molar-refractivity contribution < 1.29 is 13.9 Å². The van der Waals surface area contributed by atoms with E-state index in [1.54, 1.807) is 18.2 Å². The SMILES string of the molecule is CCOc1ccc(N=C2NC(=O)/C(=C/c3cccc(F)c3)S2)cc1. The zero-order valence-electron chi connectivity index (χ0n) is 13.0. The first-order valence-corrected chi connectivity index (χ1v) is 8.24. The molecule has 3 rings (SSSR count). The van der Waals surface area contributed by atoms with Gasteiger partial charge in [0.1, 0.15) is 11.6 Å². The van der Waals surface area contributed by atoms with Crippen LogP contribution in [0.4, 0.5) is 10.1 Å². The van der Waals surface area contributed by atoms with Crippen LogP contribution in [0.5, 0.6) is 5.75 Å². The number of halogens is 1. The number of amides is 1. The standard InChI is InChI=1S/C18H15FN2O2S/c1-2-23-15-8-6-14(7-9-15)20-18-21-17(22)16(24-18)11-12-4-3-5-13(19)10-12/h3-11H,2H2,1H3,(H,20,21,22)/b16-11-. The number of aliphatic imine (C=N–C) groups is 1. The number of benzene rings is 2. The maximum absolute atomic E-state index is 13.2. The maximum atomic E-state index is 13.2. The van der Waals surface area contributed by atoms with E-state index in [0.717, 1.165) is 5.75 Å². The Morgan fingerprint density at radius 2 is 2.04 bits per heavy atom. The molecule has 6 heteroatoms. The fourth-order valence-corrected chi connectivity index (χ4v) is 2.97. The van der Waals surface area contributed by atoms with Crippen LogP contribution in [0.3, 0.4) is 0 Å². The molecule has 0 bridgehead atoms. The van der Waals surface area contributed by atoms with Gasteiger partial charge in [-0.15, -0.1) is 0 Å². The molecule has 1 fully saturated rings. The third-order valence-electron chi connectivity index (χ3n) is 3.18. The first-order valence-electron chi connectivity index (χ1n) is 7.42. The van der Waals surface area contributed by atoms with Crippen molar-refractivity contribution in [1.82, 2.24) is 5.32 Å². The zero-order valence-corrected chi connectivity index (χ0v) is 13.8. The van der Waals surface area contributed by atoms with Crippen molar-refractivity contribution in [2.45, 2.75) is 6.92 Å². The van der Waals surface area contributed by atoms with Gasteiger partial charge in [0, 0.05) is 0 Å². The molecule has 1 saturated heterocycles. The fraction of sp³-hybridized carbons (Fsp3) is 0.111. The number of ether oxygens (including phenoxy) is 1. The van der Waals surface area contributed by atoms with E-state index in [2.05, 4.69) is 10.3 Å². The molecule has 2 aromatic rings. The molecule has 1 amide bonds. The number of carbonyl (C=O) groups excluding carboxylic acids is 1. The second-order valence-corrected chi connectivity index (χ2v) is 5.99. The average molecular weight is 342 g/mol. The Hall–Kier alpha value is -2.60. The van der Waals surface area contributed by atoms with Crippen molar-refractivity contribution in [2.75, 3.05) is 6.61 Å². The van der Waals surface area contributed by atoms with Crippen LogP contribution in [0.1, 0.15) is 12.5 Å². The van der Waals surface area contributed by atoms with E-state index in [0.29, 0.717) is 27.9 Å². The first-order chi connectivity index (χ1) is 11.6. The highest BCUT2D eigenvalue weighted by Gasteiger charge is 2.23. The minimum absolute atomic E-state index is 0.242. The monoisotopic (exact) mass is 342 g/mol. The Kier molecular flexibility index (Phi) is 4.96. The molecule has 24 heavy (non-hydrogen) atoms. The maximum Gasteiger partial charge on any atom is 0.264 e. The minimum Gasteiger partial charge on any atom is -0.494 e. The van der Waals surface area contributed by atoms with E-state index < -0.39 is 0 Å². The Labute approximate surface area is 143 Å². The van der Waals surface area contributed by atoms with Crippen LogP contribution in [-0.4, -0.2) is 17.7 Å². The van der Waals surface area contributed by atoms with Gasteiger partial charge in [-0.3, -0.25) is 4.79 Å². The summed E-state index contributed by atoms with van der Waals surface area (Å²) in [6, 6.07) is 13.4. The van der Waals surface area contributed by atoms with Gasteiger partial charge >= 0.3 is 0 Å². The molecule has 1 aliphatic heterocycles. The Bertz CT molecular complexity index is 816. The van der Waals surface area contributed by atoms with Gasteiger partial charge in [0.25, 0.3) is 5.91 Å². The van der Waals surface area contributed by atoms with E-state index in [4.69, 9.17) is 4.74 Å². The van der Waals surface area contributed by atoms with Crippen LogP contribution in [0, 0.1) is 5.82 Å². The molecule has 122 valence electrons. The van der Waals surface area contributed by atoms with Gasteiger partial charge in [0.15, 0.2) is 5.17 Å². The van der Waals surface area contributed by atoms with Crippen LogP contribution < -0.4 is 10.1 Å². The number of rotatable bonds is 4. The second kappa shape index (κ2) is 7.31. The smallest absolute Gasteiger partial charge is 0.264 e. The summed E-state index contributed by atoms with van der Waals surface area (Å²) < 4.78 is 18.6. The van der Waals surface area contributed by atoms with E-state index in [1.807, 2.05) is 31.2 Å². The quantitative estimate of drug-likeness (QED) is 0.851. The highest BCUT2D eigenvalue weighted by atomic mass is 32.2. The van der Waals surface area contributed by atoms with Crippen LogP contribution in [0.15, 0.2) is 58.4 Å². The highest BCUT2D eigenvalue weighted by Crippen LogP contribution is 2.28. The molecule has 0 unspecified atom stereocenters. The predicted octanol–water partition coefficient (Wildman–Crippen LogP) is 4.12. The summed E-state index contributed by atoms with van der Waals surface area (Å²) in [4.78, 5) is 16.9. The summed E-state index contributed by atoms with van der Waals surface area (Å²) in [5.74, 6) is 0.196. The third kappa shape index (κ3) is 4.02. The normalized spacial score (nSPS) is 17.3. The topological polar surface area (TPSA) is 50.7 Å². The number of thioether (sulfide) groups is 1. The molecule has 1 N–H and O–H groups in total. The molecule has 0 aromatic heterocycles. The lowest BCUT2D eigenvalue weighted by Gasteiger charge is -2.02. The molecular formula is C18H15FN2O2S. The lowest BCUT2D eigenvalue weighted by molar-refractivity contribution is -0.115. The van der Waals surface area contributed by atoms with Crippen molar-refractivity contribution in [3.8, 4) is 5.75 Å². The minimum atomic E-state index is -0.337. The number of carbonyl (C=O) groups is 1. The number of hydrogen-bond donors (Lipinski definition) is 1. The van der Waals surface area contributed by atoms with Crippen LogP contribution in [0.25, 0.3) is 6.08 Å². The lowest BCUT2D eigenvalue weighted by atomic mass is 10.2. The van der Waals surface area contributed by atoms with Crippen LogP contribution in [0.2, 0.25) is 0 Å². The van der Waals surface area contributed by atoms with Crippen LogP contribution in [-0.2, 0) is 4.79 Å². The first kappa shape index (κ1) is 16.3. The second-order valence-electron chi connectivity index (χ2n) is 4.96. The largest absolute Gasteiger partial charge is 0.494 e. The van der Waals surface area contributed by atoms with Crippen molar-refractivity contribution in [1.29, 1.82) is 0 Å². The van der Waals surface area contributed by atoms with Crippen molar-refractivity contribution in [2.24, 2.45) is 4.99 Å².